The first kappa shape index (κ1) is 25.3. The third kappa shape index (κ3) is 10.3. The number of carbonyl (C=O) groups is 1. The van der Waals surface area contributed by atoms with Gasteiger partial charge in [0.25, 0.3) is 0 Å². The molecule has 1 aromatic rings. The lowest BCUT2D eigenvalue weighted by Gasteiger charge is -2.26. The molecule has 154 valence electrons. The number of methoxy groups -OCH3 is 1. The quantitative estimate of drug-likeness (QED) is 0.348. The molecule has 0 bridgehead atoms. The van der Waals surface area contributed by atoms with Crippen LogP contribution in [0.5, 0.6) is 5.75 Å². The Labute approximate surface area is 179 Å². The molecule has 0 aliphatic carbocycles. The van der Waals surface area contributed by atoms with Crippen LogP contribution in [0.4, 0.5) is 4.79 Å². The zero-order chi connectivity index (χ0) is 19.6. The Morgan fingerprint density at radius 2 is 1.96 bits per heavy atom. The van der Waals surface area contributed by atoms with Gasteiger partial charge in [0.05, 0.1) is 7.11 Å². The maximum atomic E-state index is 12.1. The molecule has 27 heavy (non-hydrogen) atoms. The summed E-state index contributed by atoms with van der Waals surface area (Å²) in [6, 6.07) is 7.85. The first-order chi connectivity index (χ1) is 12.3. The van der Waals surface area contributed by atoms with Crippen molar-refractivity contribution in [2.24, 2.45) is 4.99 Å². The molecule has 1 amide bonds. The molecule has 2 N–H and O–H groups in total. The number of amides is 1. The lowest BCUT2D eigenvalue weighted by molar-refractivity contribution is 0.0264. The lowest BCUT2D eigenvalue weighted by atomic mass is 10.2. The molecule has 7 nitrogen and oxygen atoms in total. The van der Waals surface area contributed by atoms with Crippen LogP contribution in [-0.2, 0) is 11.3 Å². The largest absolute Gasteiger partial charge is 0.497 e. The van der Waals surface area contributed by atoms with E-state index in [0.29, 0.717) is 32.1 Å². The van der Waals surface area contributed by atoms with E-state index in [0.717, 1.165) is 11.3 Å². The predicted molar refractivity (Wildman–Crippen MR) is 120 cm³/mol. The fourth-order valence-corrected chi connectivity index (χ4v) is 2.20. The third-order valence-electron chi connectivity index (χ3n) is 3.53. The minimum Gasteiger partial charge on any atom is -0.497 e. The van der Waals surface area contributed by atoms with Crippen molar-refractivity contribution in [1.29, 1.82) is 0 Å². The Morgan fingerprint density at radius 3 is 2.52 bits per heavy atom. The number of likely N-dealkylation sites (N-methyl/N-ethyl adjacent to an activating group) is 1. The van der Waals surface area contributed by atoms with Crippen molar-refractivity contribution < 1.29 is 14.3 Å². The Bertz CT molecular complexity index is 603. The van der Waals surface area contributed by atoms with E-state index in [-0.39, 0.29) is 30.1 Å². The fraction of sp³-hybridized carbons (Fsp3) is 0.579. The number of aliphatic imine (C=N–C) groups is 1. The van der Waals surface area contributed by atoms with Crippen molar-refractivity contribution >= 4 is 36.0 Å². The van der Waals surface area contributed by atoms with Crippen LogP contribution in [0.25, 0.3) is 0 Å². The zero-order valence-corrected chi connectivity index (χ0v) is 19.5. The number of benzene rings is 1. The molecule has 0 atom stereocenters. The van der Waals surface area contributed by atoms with Crippen LogP contribution in [0, 0.1) is 0 Å². The number of nitrogens with zero attached hydrogens (tertiary/aromatic N) is 2. The average molecular weight is 492 g/mol. The number of hydrogen-bond donors (Lipinski definition) is 2. The highest BCUT2D eigenvalue weighted by Gasteiger charge is 2.20. The van der Waals surface area contributed by atoms with Crippen molar-refractivity contribution in [2.75, 3.05) is 33.8 Å². The molecule has 0 aromatic heterocycles. The summed E-state index contributed by atoms with van der Waals surface area (Å²) in [4.78, 5) is 18.0. The molecule has 1 rings (SSSR count). The number of nitrogens with one attached hydrogen (secondary N) is 2. The van der Waals surface area contributed by atoms with Gasteiger partial charge in [-0.1, -0.05) is 12.1 Å². The SMILES string of the molecule is CCN(CCNC(=NC)NCc1cccc(OC)c1)C(=O)OC(C)(C)C.I. The summed E-state index contributed by atoms with van der Waals surface area (Å²) in [5.74, 6) is 1.50. The summed E-state index contributed by atoms with van der Waals surface area (Å²) in [7, 11) is 3.36. The van der Waals surface area contributed by atoms with Crippen LogP contribution in [-0.4, -0.2) is 56.3 Å². The first-order valence-corrected chi connectivity index (χ1v) is 8.84. The Hall–Kier alpha value is -1.71. The van der Waals surface area contributed by atoms with Crippen LogP contribution >= 0.6 is 24.0 Å². The van der Waals surface area contributed by atoms with Crippen molar-refractivity contribution in [3.05, 3.63) is 29.8 Å². The maximum Gasteiger partial charge on any atom is 0.410 e. The highest BCUT2D eigenvalue weighted by atomic mass is 127. The van der Waals surface area contributed by atoms with E-state index in [1.54, 1.807) is 19.1 Å². The van der Waals surface area contributed by atoms with Crippen LogP contribution in [0.1, 0.15) is 33.3 Å². The van der Waals surface area contributed by atoms with E-state index >= 15 is 0 Å². The highest BCUT2D eigenvalue weighted by Crippen LogP contribution is 2.12. The van der Waals surface area contributed by atoms with Crippen molar-refractivity contribution in [1.82, 2.24) is 15.5 Å². The van der Waals surface area contributed by atoms with Gasteiger partial charge in [0.15, 0.2) is 5.96 Å². The normalized spacial score (nSPS) is 11.3. The molecule has 8 heteroatoms. The van der Waals surface area contributed by atoms with E-state index in [9.17, 15) is 4.79 Å². The molecule has 0 heterocycles. The molecule has 0 aliphatic heterocycles. The highest BCUT2D eigenvalue weighted by molar-refractivity contribution is 14.0. The maximum absolute atomic E-state index is 12.1. The molecule has 0 spiro atoms. The second-order valence-electron chi connectivity index (χ2n) is 6.76. The smallest absolute Gasteiger partial charge is 0.410 e. The summed E-state index contributed by atoms with van der Waals surface area (Å²) in [5.41, 5.74) is 0.600. The van der Waals surface area contributed by atoms with Crippen LogP contribution in [0.2, 0.25) is 0 Å². The summed E-state index contributed by atoms with van der Waals surface area (Å²) >= 11 is 0. The van der Waals surface area contributed by atoms with E-state index in [1.807, 2.05) is 52.0 Å². The number of guanidine groups is 1. The molecular formula is C19H33IN4O3. The van der Waals surface area contributed by atoms with E-state index in [1.165, 1.54) is 0 Å². The number of carbonyl (C=O) groups excluding carboxylic acids is 1. The van der Waals surface area contributed by atoms with Gasteiger partial charge in [0.1, 0.15) is 11.4 Å². The lowest BCUT2D eigenvalue weighted by Crippen LogP contribution is -2.44. The number of ether oxygens (including phenoxy) is 2. The second-order valence-corrected chi connectivity index (χ2v) is 6.76. The minimum absolute atomic E-state index is 0. The molecule has 0 saturated carbocycles. The molecule has 1 aromatic carbocycles. The van der Waals surface area contributed by atoms with Gasteiger partial charge in [-0.25, -0.2) is 4.79 Å². The number of halogens is 1. The van der Waals surface area contributed by atoms with Gasteiger partial charge < -0.3 is 25.0 Å². The summed E-state index contributed by atoms with van der Waals surface area (Å²) < 4.78 is 10.6. The topological polar surface area (TPSA) is 75.2 Å². The van der Waals surface area contributed by atoms with E-state index < -0.39 is 5.60 Å². The standard InChI is InChI=1S/C19H32N4O3.HI/c1-7-23(18(24)26-19(2,3)4)12-11-21-17(20-5)22-14-15-9-8-10-16(13-15)25-6;/h8-10,13H,7,11-12,14H2,1-6H3,(H2,20,21,22);1H. The number of hydrogen-bond acceptors (Lipinski definition) is 4. The van der Waals surface area contributed by atoms with Crippen LogP contribution in [0.3, 0.4) is 0 Å². The average Bonchev–Trinajstić information content (AvgIpc) is 2.59. The summed E-state index contributed by atoms with van der Waals surface area (Å²) in [6.07, 6.45) is -0.305. The fourth-order valence-electron chi connectivity index (χ4n) is 2.20. The minimum atomic E-state index is -0.494. The third-order valence-corrected chi connectivity index (χ3v) is 3.53. The molecule has 0 saturated heterocycles. The zero-order valence-electron chi connectivity index (χ0n) is 17.2. The molecule has 0 fully saturated rings. The predicted octanol–water partition coefficient (Wildman–Crippen LogP) is 3.24. The number of rotatable bonds is 7. The van der Waals surface area contributed by atoms with Crippen molar-refractivity contribution in [3.63, 3.8) is 0 Å². The van der Waals surface area contributed by atoms with E-state index in [2.05, 4.69) is 15.6 Å². The van der Waals surface area contributed by atoms with Crippen LogP contribution in [0.15, 0.2) is 29.3 Å². The monoisotopic (exact) mass is 492 g/mol. The van der Waals surface area contributed by atoms with Gasteiger partial charge in [-0.2, -0.15) is 0 Å². The molecule has 0 radical (unpaired) electrons. The van der Waals surface area contributed by atoms with E-state index in [4.69, 9.17) is 9.47 Å². The van der Waals surface area contributed by atoms with Gasteiger partial charge in [0.2, 0.25) is 0 Å². The Balaban J connectivity index is 0.00000676. The summed E-state index contributed by atoms with van der Waals surface area (Å²) in [5, 5.41) is 6.45. The molecule has 0 aliphatic rings. The van der Waals surface area contributed by atoms with Gasteiger partial charge in [-0.15, -0.1) is 24.0 Å². The first-order valence-electron chi connectivity index (χ1n) is 8.84. The van der Waals surface area contributed by atoms with Gasteiger partial charge >= 0.3 is 6.09 Å². The molecular weight excluding hydrogens is 459 g/mol. The Morgan fingerprint density at radius 1 is 1.26 bits per heavy atom. The van der Waals surface area contributed by atoms with Gasteiger partial charge in [0, 0.05) is 33.2 Å². The van der Waals surface area contributed by atoms with Gasteiger partial charge in [-0.3, -0.25) is 4.99 Å². The molecule has 0 unspecified atom stereocenters. The van der Waals surface area contributed by atoms with Gasteiger partial charge in [-0.05, 0) is 45.4 Å². The van der Waals surface area contributed by atoms with Crippen LogP contribution < -0.4 is 15.4 Å². The van der Waals surface area contributed by atoms with Crippen molar-refractivity contribution in [3.8, 4) is 5.75 Å². The second kappa shape index (κ2) is 12.6. The van der Waals surface area contributed by atoms with Crippen molar-refractivity contribution in [2.45, 2.75) is 39.8 Å². The summed E-state index contributed by atoms with van der Waals surface area (Å²) in [6.45, 7) is 9.84. The Kier molecular flexibility index (Phi) is 11.8.